The molecule has 1 aromatic carbocycles. The van der Waals surface area contributed by atoms with E-state index in [9.17, 15) is 18.0 Å². The third-order valence-electron chi connectivity index (χ3n) is 3.90. The van der Waals surface area contributed by atoms with Gasteiger partial charge < -0.3 is 11.1 Å². The molecule has 0 saturated heterocycles. The van der Waals surface area contributed by atoms with Crippen molar-refractivity contribution in [1.29, 1.82) is 0 Å². The fourth-order valence-corrected chi connectivity index (χ4v) is 2.17. The molecule has 6 heteroatoms. The zero-order chi connectivity index (χ0) is 17.1. The Labute approximate surface area is 129 Å². The highest BCUT2D eigenvalue weighted by Gasteiger charge is 2.35. The van der Waals surface area contributed by atoms with Crippen molar-refractivity contribution in [2.45, 2.75) is 51.9 Å². The van der Waals surface area contributed by atoms with Crippen LogP contribution in [-0.2, 0) is 11.0 Å². The molecular weight excluding hydrogens is 293 g/mol. The minimum Gasteiger partial charge on any atom is -0.352 e. The lowest BCUT2D eigenvalue weighted by Gasteiger charge is -2.26. The Kier molecular flexibility index (Phi) is 6.00. The van der Waals surface area contributed by atoms with E-state index in [1.807, 2.05) is 13.8 Å². The summed E-state index contributed by atoms with van der Waals surface area (Å²) in [4.78, 5) is 12.0. The number of rotatable bonds is 5. The number of hydrogen-bond acceptors (Lipinski definition) is 2. The lowest BCUT2D eigenvalue weighted by Crippen LogP contribution is -2.48. The molecule has 0 aliphatic rings. The number of hydrogen-bond donors (Lipinski definition) is 2. The maximum absolute atomic E-state index is 13.1. The Morgan fingerprint density at radius 1 is 1.14 bits per heavy atom. The SMILES string of the molecule is CC(NC(=O)[C@@H](N)C(C)C)C(C)c1ccccc1C(F)(F)F. The number of carbonyl (C=O) groups excluding carboxylic acids is 1. The molecule has 0 spiro atoms. The predicted molar refractivity (Wildman–Crippen MR) is 80.3 cm³/mol. The highest BCUT2D eigenvalue weighted by molar-refractivity contribution is 5.82. The van der Waals surface area contributed by atoms with Gasteiger partial charge in [-0.05, 0) is 24.5 Å². The number of benzene rings is 1. The first-order chi connectivity index (χ1) is 10.1. The predicted octanol–water partition coefficient (Wildman–Crippen LogP) is 3.30. The Balaban J connectivity index is 2.93. The van der Waals surface area contributed by atoms with E-state index < -0.39 is 29.7 Å². The van der Waals surface area contributed by atoms with Crippen LogP contribution in [0.25, 0.3) is 0 Å². The first-order valence-electron chi connectivity index (χ1n) is 7.27. The molecular formula is C16H23F3N2O. The van der Waals surface area contributed by atoms with Gasteiger partial charge in [-0.3, -0.25) is 4.79 Å². The Bertz CT molecular complexity index is 514. The summed E-state index contributed by atoms with van der Waals surface area (Å²) >= 11 is 0. The molecule has 0 heterocycles. The number of alkyl halides is 3. The first-order valence-corrected chi connectivity index (χ1v) is 7.27. The molecule has 0 saturated carbocycles. The van der Waals surface area contributed by atoms with Gasteiger partial charge in [-0.25, -0.2) is 0 Å². The molecule has 1 aromatic rings. The Morgan fingerprint density at radius 2 is 1.68 bits per heavy atom. The molecule has 0 radical (unpaired) electrons. The molecule has 22 heavy (non-hydrogen) atoms. The minimum absolute atomic E-state index is 0.0371. The van der Waals surface area contributed by atoms with Crippen molar-refractivity contribution in [1.82, 2.24) is 5.32 Å². The second-order valence-electron chi connectivity index (χ2n) is 5.94. The third-order valence-corrected chi connectivity index (χ3v) is 3.90. The fraction of sp³-hybridized carbons (Fsp3) is 0.562. The summed E-state index contributed by atoms with van der Waals surface area (Å²) in [5.74, 6) is -0.870. The highest BCUT2D eigenvalue weighted by atomic mass is 19.4. The van der Waals surface area contributed by atoms with Crippen molar-refractivity contribution < 1.29 is 18.0 Å². The zero-order valence-electron chi connectivity index (χ0n) is 13.2. The fourth-order valence-electron chi connectivity index (χ4n) is 2.17. The van der Waals surface area contributed by atoms with Gasteiger partial charge in [0.2, 0.25) is 5.91 Å². The van der Waals surface area contributed by atoms with Gasteiger partial charge in [0.15, 0.2) is 0 Å². The van der Waals surface area contributed by atoms with E-state index >= 15 is 0 Å². The quantitative estimate of drug-likeness (QED) is 0.876. The smallest absolute Gasteiger partial charge is 0.352 e. The van der Waals surface area contributed by atoms with Crippen LogP contribution in [0.3, 0.4) is 0 Å². The summed E-state index contributed by atoms with van der Waals surface area (Å²) in [7, 11) is 0. The second kappa shape index (κ2) is 7.13. The molecule has 2 unspecified atom stereocenters. The van der Waals surface area contributed by atoms with Gasteiger partial charge in [0.25, 0.3) is 0 Å². The monoisotopic (exact) mass is 316 g/mol. The summed E-state index contributed by atoms with van der Waals surface area (Å²) in [6.07, 6.45) is -4.41. The molecule has 0 aliphatic heterocycles. The Morgan fingerprint density at radius 3 is 2.18 bits per heavy atom. The molecule has 1 rings (SSSR count). The molecule has 1 amide bonds. The van der Waals surface area contributed by atoms with Crippen molar-refractivity contribution in [3.63, 3.8) is 0 Å². The van der Waals surface area contributed by atoms with Crippen LogP contribution in [0.15, 0.2) is 24.3 Å². The van der Waals surface area contributed by atoms with Crippen LogP contribution in [0, 0.1) is 5.92 Å². The van der Waals surface area contributed by atoms with Gasteiger partial charge in [0, 0.05) is 12.0 Å². The van der Waals surface area contributed by atoms with Crippen molar-refractivity contribution >= 4 is 5.91 Å². The molecule has 3 nitrogen and oxygen atoms in total. The second-order valence-corrected chi connectivity index (χ2v) is 5.94. The summed E-state index contributed by atoms with van der Waals surface area (Å²) in [6, 6.07) is 4.29. The van der Waals surface area contributed by atoms with Crippen LogP contribution in [-0.4, -0.2) is 18.0 Å². The van der Waals surface area contributed by atoms with Crippen LogP contribution < -0.4 is 11.1 Å². The topological polar surface area (TPSA) is 55.1 Å². The lowest BCUT2D eigenvalue weighted by molar-refractivity contribution is -0.138. The number of nitrogens with one attached hydrogen (secondary N) is 1. The van der Waals surface area contributed by atoms with Crippen molar-refractivity contribution in [3.05, 3.63) is 35.4 Å². The average molecular weight is 316 g/mol. The molecule has 0 aromatic heterocycles. The number of carbonyl (C=O) groups is 1. The average Bonchev–Trinajstić information content (AvgIpc) is 2.44. The highest BCUT2D eigenvalue weighted by Crippen LogP contribution is 2.35. The van der Waals surface area contributed by atoms with E-state index in [4.69, 9.17) is 5.73 Å². The van der Waals surface area contributed by atoms with Crippen LogP contribution in [0.1, 0.15) is 44.7 Å². The van der Waals surface area contributed by atoms with Crippen LogP contribution in [0.4, 0.5) is 13.2 Å². The van der Waals surface area contributed by atoms with E-state index in [-0.39, 0.29) is 17.4 Å². The molecule has 0 aliphatic carbocycles. The summed E-state index contributed by atoms with van der Waals surface area (Å²) in [5.41, 5.74) is 5.25. The van der Waals surface area contributed by atoms with E-state index in [2.05, 4.69) is 5.32 Å². The van der Waals surface area contributed by atoms with Crippen LogP contribution in [0.5, 0.6) is 0 Å². The maximum Gasteiger partial charge on any atom is 0.416 e. The standard InChI is InChI=1S/C16H23F3N2O/c1-9(2)14(20)15(22)21-11(4)10(3)12-7-5-6-8-13(12)16(17,18)19/h5-11,14H,20H2,1-4H3,(H,21,22)/t10?,11?,14-/m0/s1. The maximum atomic E-state index is 13.1. The van der Waals surface area contributed by atoms with Crippen molar-refractivity contribution in [2.75, 3.05) is 0 Å². The number of amides is 1. The van der Waals surface area contributed by atoms with Crippen LogP contribution >= 0.6 is 0 Å². The molecule has 0 bridgehead atoms. The van der Waals surface area contributed by atoms with Crippen molar-refractivity contribution in [2.24, 2.45) is 11.7 Å². The molecule has 124 valence electrons. The summed E-state index contributed by atoms with van der Waals surface area (Å²) < 4.78 is 39.2. The van der Waals surface area contributed by atoms with Crippen LogP contribution in [0.2, 0.25) is 0 Å². The van der Waals surface area contributed by atoms with E-state index in [1.165, 1.54) is 12.1 Å². The zero-order valence-corrected chi connectivity index (χ0v) is 13.2. The van der Waals surface area contributed by atoms with Gasteiger partial charge in [0.1, 0.15) is 0 Å². The van der Waals surface area contributed by atoms with E-state index in [0.717, 1.165) is 6.07 Å². The van der Waals surface area contributed by atoms with E-state index in [0.29, 0.717) is 0 Å². The molecule has 3 atom stereocenters. The molecule has 3 N–H and O–H groups in total. The summed E-state index contributed by atoms with van der Waals surface area (Å²) in [6.45, 7) is 6.98. The normalized spacial score (nSPS) is 16.2. The molecule has 0 fully saturated rings. The number of halogens is 3. The lowest BCUT2D eigenvalue weighted by atomic mass is 9.90. The Hall–Kier alpha value is -1.56. The largest absolute Gasteiger partial charge is 0.416 e. The first kappa shape index (κ1) is 18.5. The number of nitrogens with two attached hydrogens (primary N) is 1. The van der Waals surface area contributed by atoms with Gasteiger partial charge >= 0.3 is 6.18 Å². The van der Waals surface area contributed by atoms with E-state index in [1.54, 1.807) is 19.9 Å². The van der Waals surface area contributed by atoms with Gasteiger partial charge in [-0.1, -0.05) is 39.0 Å². The third kappa shape index (κ3) is 4.47. The van der Waals surface area contributed by atoms with Gasteiger partial charge in [-0.2, -0.15) is 13.2 Å². The van der Waals surface area contributed by atoms with Gasteiger partial charge in [0.05, 0.1) is 11.6 Å². The van der Waals surface area contributed by atoms with Gasteiger partial charge in [-0.15, -0.1) is 0 Å². The minimum atomic E-state index is -4.41. The summed E-state index contributed by atoms with van der Waals surface area (Å²) in [5, 5.41) is 2.71. The van der Waals surface area contributed by atoms with Crippen molar-refractivity contribution in [3.8, 4) is 0 Å².